The largest absolute Gasteiger partial charge is 0.497 e. The number of nitrogens with zero attached hydrogens (tertiary/aromatic N) is 2. The minimum atomic E-state index is -0.516. The lowest BCUT2D eigenvalue weighted by molar-refractivity contribution is 0.0353. The van der Waals surface area contributed by atoms with Crippen molar-refractivity contribution in [3.8, 4) is 5.75 Å². The molecule has 0 radical (unpaired) electrons. The molecule has 0 unspecified atom stereocenters. The van der Waals surface area contributed by atoms with E-state index >= 15 is 0 Å². The second-order valence-corrected chi connectivity index (χ2v) is 8.73. The molecule has 33 heavy (non-hydrogen) atoms. The smallest absolute Gasteiger partial charge is 0.290 e. The van der Waals surface area contributed by atoms with E-state index in [9.17, 15) is 9.59 Å². The van der Waals surface area contributed by atoms with Gasteiger partial charge in [0.05, 0.1) is 37.3 Å². The summed E-state index contributed by atoms with van der Waals surface area (Å²) < 4.78 is 16.7. The summed E-state index contributed by atoms with van der Waals surface area (Å²) in [6.07, 6.45) is 0.783. The highest BCUT2D eigenvalue weighted by Gasteiger charge is 2.42. The number of hydrogen-bond acceptors (Lipinski definition) is 6. The Bertz CT molecular complexity index is 1230. The van der Waals surface area contributed by atoms with E-state index in [2.05, 4.69) is 4.90 Å². The third-order valence-corrected chi connectivity index (χ3v) is 6.59. The van der Waals surface area contributed by atoms with Crippen molar-refractivity contribution < 1.29 is 18.7 Å². The maximum atomic E-state index is 13.6. The second-order valence-electron chi connectivity index (χ2n) is 8.30. The highest BCUT2D eigenvalue weighted by Crippen LogP contribution is 2.38. The summed E-state index contributed by atoms with van der Waals surface area (Å²) in [5.74, 6) is 0.397. The van der Waals surface area contributed by atoms with Gasteiger partial charge >= 0.3 is 0 Å². The zero-order valence-corrected chi connectivity index (χ0v) is 19.1. The van der Waals surface area contributed by atoms with Crippen molar-refractivity contribution in [1.29, 1.82) is 0 Å². The van der Waals surface area contributed by atoms with Gasteiger partial charge in [-0.1, -0.05) is 23.7 Å². The summed E-state index contributed by atoms with van der Waals surface area (Å²) in [6, 6.07) is 11.8. The van der Waals surface area contributed by atoms with Crippen LogP contribution in [0.3, 0.4) is 0 Å². The van der Waals surface area contributed by atoms with E-state index in [1.807, 2.05) is 12.1 Å². The van der Waals surface area contributed by atoms with Crippen LogP contribution in [-0.2, 0) is 4.74 Å². The van der Waals surface area contributed by atoms with Crippen molar-refractivity contribution in [3.63, 3.8) is 0 Å². The highest BCUT2D eigenvalue weighted by atomic mass is 35.5. The Hall–Kier alpha value is -2.87. The Morgan fingerprint density at radius 1 is 1.06 bits per heavy atom. The van der Waals surface area contributed by atoms with Gasteiger partial charge in [-0.25, -0.2) is 0 Å². The summed E-state index contributed by atoms with van der Waals surface area (Å²) in [7, 11) is 1.55. The Morgan fingerprint density at radius 3 is 2.55 bits per heavy atom. The molecule has 3 heterocycles. The molecule has 8 heteroatoms. The van der Waals surface area contributed by atoms with Gasteiger partial charge in [0.1, 0.15) is 11.3 Å². The van der Waals surface area contributed by atoms with Crippen molar-refractivity contribution in [2.75, 3.05) is 46.5 Å². The highest BCUT2D eigenvalue weighted by molar-refractivity contribution is 6.30. The number of carbonyl (C=O) groups is 1. The topological polar surface area (TPSA) is 72.2 Å². The van der Waals surface area contributed by atoms with Gasteiger partial charge in [0, 0.05) is 37.3 Å². The number of amides is 1. The van der Waals surface area contributed by atoms with Crippen LogP contribution in [0.2, 0.25) is 5.02 Å². The van der Waals surface area contributed by atoms with Crippen molar-refractivity contribution in [2.24, 2.45) is 0 Å². The first kappa shape index (κ1) is 21.9. The maximum absolute atomic E-state index is 13.6. The molecule has 2 aliphatic heterocycles. The minimum Gasteiger partial charge on any atom is -0.497 e. The van der Waals surface area contributed by atoms with E-state index in [1.54, 1.807) is 42.3 Å². The zero-order valence-electron chi connectivity index (χ0n) is 18.4. The summed E-state index contributed by atoms with van der Waals surface area (Å²) >= 11 is 6.10. The van der Waals surface area contributed by atoms with Crippen LogP contribution in [0.1, 0.15) is 34.1 Å². The van der Waals surface area contributed by atoms with Crippen LogP contribution in [0.5, 0.6) is 5.75 Å². The third kappa shape index (κ3) is 4.12. The van der Waals surface area contributed by atoms with E-state index in [0.29, 0.717) is 33.8 Å². The minimum absolute atomic E-state index is 0.104. The molecule has 1 atom stereocenters. The fourth-order valence-electron chi connectivity index (χ4n) is 4.64. The lowest BCUT2D eigenvalue weighted by Gasteiger charge is -2.29. The van der Waals surface area contributed by atoms with Gasteiger partial charge in [-0.2, -0.15) is 0 Å². The number of rotatable bonds is 6. The van der Waals surface area contributed by atoms with Crippen LogP contribution in [-0.4, -0.2) is 62.2 Å². The van der Waals surface area contributed by atoms with Gasteiger partial charge in [-0.3, -0.25) is 14.5 Å². The maximum Gasteiger partial charge on any atom is 0.290 e. The van der Waals surface area contributed by atoms with Crippen LogP contribution < -0.4 is 10.2 Å². The van der Waals surface area contributed by atoms with Crippen molar-refractivity contribution in [3.05, 3.63) is 74.6 Å². The first-order chi connectivity index (χ1) is 16.1. The van der Waals surface area contributed by atoms with Gasteiger partial charge in [0.15, 0.2) is 5.43 Å². The normalized spacial score (nSPS) is 18.7. The predicted octanol–water partition coefficient (Wildman–Crippen LogP) is 3.72. The number of methoxy groups -OCH3 is 1. The molecule has 0 N–H and O–H groups in total. The molecule has 2 aliphatic rings. The van der Waals surface area contributed by atoms with Gasteiger partial charge in [0.2, 0.25) is 5.76 Å². The SMILES string of the molecule is COc1ccc2c(=O)c3c(oc2c1)C(=O)N(CCCN1CCOCC1)[C@@H]3c1ccc(Cl)cc1. The molecule has 1 saturated heterocycles. The Balaban J connectivity index is 1.53. The molecule has 5 rings (SSSR count). The molecule has 1 aromatic heterocycles. The lowest BCUT2D eigenvalue weighted by Crippen LogP contribution is -2.38. The quantitative estimate of drug-likeness (QED) is 0.549. The van der Waals surface area contributed by atoms with Crippen LogP contribution in [0.25, 0.3) is 11.0 Å². The van der Waals surface area contributed by atoms with E-state index in [0.717, 1.165) is 44.8 Å². The molecule has 0 saturated carbocycles. The number of carbonyl (C=O) groups excluding carboxylic acids is 1. The number of halogens is 1. The number of benzene rings is 2. The molecular formula is C25H25ClN2O5. The van der Waals surface area contributed by atoms with E-state index in [-0.39, 0.29) is 17.1 Å². The van der Waals surface area contributed by atoms with Crippen molar-refractivity contribution in [1.82, 2.24) is 9.80 Å². The van der Waals surface area contributed by atoms with Crippen molar-refractivity contribution in [2.45, 2.75) is 12.5 Å². The fourth-order valence-corrected chi connectivity index (χ4v) is 4.76. The summed E-state index contributed by atoms with van der Waals surface area (Å²) in [6.45, 7) is 4.61. The molecular weight excluding hydrogens is 444 g/mol. The molecule has 0 aliphatic carbocycles. The number of hydrogen-bond donors (Lipinski definition) is 0. The number of fused-ring (bicyclic) bond motifs is 2. The number of ether oxygens (including phenoxy) is 2. The van der Waals surface area contributed by atoms with Crippen LogP contribution in [0.15, 0.2) is 51.7 Å². The van der Waals surface area contributed by atoms with Gasteiger partial charge in [0.25, 0.3) is 5.91 Å². The van der Waals surface area contributed by atoms with Gasteiger partial charge in [-0.15, -0.1) is 0 Å². The van der Waals surface area contributed by atoms with Gasteiger partial charge in [-0.05, 0) is 36.2 Å². The monoisotopic (exact) mass is 468 g/mol. The van der Waals surface area contributed by atoms with Gasteiger partial charge < -0.3 is 18.8 Å². The standard InChI is InChI=1S/C25H25ClN2O5/c1-31-18-7-8-19-20(15-18)33-24-21(23(19)29)22(16-3-5-17(26)6-4-16)28(25(24)30)10-2-9-27-11-13-32-14-12-27/h3-8,15,22H,2,9-14H2,1H3/t22-/m1/s1. The number of morpholine rings is 1. The Labute approximate surface area is 196 Å². The molecule has 0 spiro atoms. The Morgan fingerprint density at radius 2 is 1.82 bits per heavy atom. The van der Waals surface area contributed by atoms with Crippen LogP contribution in [0, 0.1) is 0 Å². The molecule has 2 aromatic carbocycles. The first-order valence-corrected chi connectivity index (χ1v) is 11.5. The van der Waals surface area contributed by atoms with E-state index < -0.39 is 6.04 Å². The average molecular weight is 469 g/mol. The van der Waals surface area contributed by atoms with E-state index in [1.165, 1.54) is 0 Å². The second kappa shape index (κ2) is 9.17. The fraction of sp³-hybridized carbons (Fsp3) is 0.360. The molecule has 0 bridgehead atoms. The molecule has 1 amide bonds. The van der Waals surface area contributed by atoms with Crippen LogP contribution >= 0.6 is 11.6 Å². The van der Waals surface area contributed by atoms with Crippen LogP contribution in [0.4, 0.5) is 0 Å². The first-order valence-electron chi connectivity index (χ1n) is 11.1. The molecule has 1 fully saturated rings. The molecule has 172 valence electrons. The Kier molecular flexibility index (Phi) is 6.10. The summed E-state index contributed by atoms with van der Waals surface area (Å²) in [4.78, 5) is 31.1. The summed E-state index contributed by atoms with van der Waals surface area (Å²) in [5, 5.41) is 1.02. The lowest BCUT2D eigenvalue weighted by atomic mass is 9.98. The predicted molar refractivity (Wildman–Crippen MR) is 125 cm³/mol. The molecule has 7 nitrogen and oxygen atoms in total. The summed E-state index contributed by atoms with van der Waals surface area (Å²) in [5.41, 5.74) is 1.36. The third-order valence-electron chi connectivity index (χ3n) is 6.34. The zero-order chi connectivity index (χ0) is 22.9. The van der Waals surface area contributed by atoms with E-state index in [4.69, 9.17) is 25.5 Å². The van der Waals surface area contributed by atoms with Crippen molar-refractivity contribution >= 4 is 28.5 Å². The molecule has 3 aromatic rings. The average Bonchev–Trinajstić information content (AvgIpc) is 3.12.